The van der Waals surface area contributed by atoms with Crippen LogP contribution in [-0.2, 0) is 14.9 Å². The van der Waals surface area contributed by atoms with Gasteiger partial charge in [0.05, 0.1) is 13.2 Å². The van der Waals surface area contributed by atoms with Gasteiger partial charge in [-0.15, -0.1) is 0 Å². The largest absolute Gasteiger partial charge is 0.377 e. The first-order chi connectivity index (χ1) is 5.84. The molecular formula is C7H14O5S. The summed E-state index contributed by atoms with van der Waals surface area (Å²) in [6.45, 7) is 5.71. The molecule has 0 bridgehead atoms. The molecule has 0 saturated carbocycles. The van der Waals surface area contributed by atoms with E-state index in [-0.39, 0.29) is 13.0 Å². The highest BCUT2D eigenvalue weighted by Crippen LogP contribution is 2.00. The van der Waals surface area contributed by atoms with Crippen molar-refractivity contribution >= 4 is 10.1 Å². The molecule has 1 unspecified atom stereocenters. The first kappa shape index (κ1) is 12.6. The third-order valence-corrected chi connectivity index (χ3v) is 2.12. The van der Waals surface area contributed by atoms with Crippen molar-refractivity contribution in [2.24, 2.45) is 0 Å². The summed E-state index contributed by atoms with van der Waals surface area (Å²) in [4.78, 5) is 0. The Balaban J connectivity index is 3.61. The van der Waals surface area contributed by atoms with Crippen molar-refractivity contribution < 1.29 is 22.8 Å². The lowest BCUT2D eigenvalue weighted by molar-refractivity contribution is 0.119. The first-order valence-corrected chi connectivity index (χ1v) is 5.21. The molecule has 0 aliphatic carbocycles. The zero-order chi connectivity index (χ0) is 10.5. The molecule has 0 fully saturated rings. The summed E-state index contributed by atoms with van der Waals surface area (Å²) in [7, 11) is -4.35. The van der Waals surface area contributed by atoms with Crippen LogP contribution >= 0.6 is 0 Å². The molecule has 6 heteroatoms. The summed E-state index contributed by atoms with van der Waals surface area (Å²) in [5.74, 6) is 0. The van der Waals surface area contributed by atoms with Crippen molar-refractivity contribution in [2.75, 3.05) is 13.2 Å². The van der Waals surface area contributed by atoms with Gasteiger partial charge in [-0.05, 0) is 6.92 Å². The maximum absolute atomic E-state index is 10.3. The van der Waals surface area contributed by atoms with E-state index in [4.69, 9.17) is 14.4 Å². The lowest BCUT2D eigenvalue weighted by Crippen LogP contribution is -2.21. The molecule has 0 aromatic heterocycles. The van der Waals surface area contributed by atoms with Gasteiger partial charge in [0.1, 0.15) is 0 Å². The second-order valence-corrected chi connectivity index (χ2v) is 4.34. The van der Waals surface area contributed by atoms with Gasteiger partial charge in [-0.3, -0.25) is 4.55 Å². The van der Waals surface area contributed by atoms with Gasteiger partial charge in [-0.25, -0.2) is 0 Å². The normalized spacial score (nSPS) is 14.1. The highest BCUT2D eigenvalue weighted by atomic mass is 32.2. The Morgan fingerprint density at radius 2 is 2.15 bits per heavy atom. The van der Waals surface area contributed by atoms with Crippen molar-refractivity contribution in [1.29, 1.82) is 0 Å². The molecule has 0 radical (unpaired) electrons. The zero-order valence-electron chi connectivity index (χ0n) is 7.43. The summed E-state index contributed by atoms with van der Waals surface area (Å²) in [6.07, 6.45) is -0.147. The fourth-order valence-corrected chi connectivity index (χ4v) is 0.974. The van der Waals surface area contributed by atoms with Gasteiger partial charge in [0.25, 0.3) is 10.1 Å². The van der Waals surface area contributed by atoms with Crippen molar-refractivity contribution in [3.8, 4) is 0 Å². The lowest BCUT2D eigenvalue weighted by Gasteiger charge is -2.07. The Hall–Kier alpha value is -0.430. The van der Waals surface area contributed by atoms with Crippen LogP contribution in [0, 0.1) is 0 Å². The summed E-state index contributed by atoms with van der Waals surface area (Å²) < 4.78 is 33.9. The molecular weight excluding hydrogens is 196 g/mol. The molecule has 78 valence electrons. The van der Waals surface area contributed by atoms with Crippen molar-refractivity contribution in [3.05, 3.63) is 12.2 Å². The fourth-order valence-electron chi connectivity index (χ4n) is 0.579. The van der Waals surface area contributed by atoms with Crippen LogP contribution in [0.4, 0.5) is 0 Å². The van der Waals surface area contributed by atoms with Crippen LogP contribution in [0.1, 0.15) is 13.3 Å². The second kappa shape index (κ2) is 5.33. The Morgan fingerprint density at radius 3 is 2.54 bits per heavy atom. The van der Waals surface area contributed by atoms with Crippen molar-refractivity contribution in [1.82, 2.24) is 0 Å². The maximum atomic E-state index is 10.3. The summed E-state index contributed by atoms with van der Waals surface area (Å²) in [5.41, 5.74) is -0.959. The number of aliphatic hydroxyl groups excluding tert-OH is 1. The van der Waals surface area contributed by atoms with Gasteiger partial charge in [0.15, 0.2) is 5.44 Å². The number of rotatable bonds is 6. The number of ether oxygens (including phenoxy) is 1. The van der Waals surface area contributed by atoms with E-state index in [1.165, 1.54) is 0 Å². The molecule has 0 aromatic carbocycles. The predicted molar refractivity (Wildman–Crippen MR) is 47.8 cm³/mol. The average Bonchev–Trinajstić information content (AvgIpc) is 1.95. The molecule has 0 amide bonds. The summed E-state index contributed by atoms with van der Waals surface area (Å²) in [5, 5.41) is 8.81. The molecule has 0 aliphatic rings. The fraction of sp³-hybridized carbons (Fsp3) is 0.714. The first-order valence-electron chi connectivity index (χ1n) is 3.70. The number of hydrogen-bond donors (Lipinski definition) is 2. The maximum Gasteiger partial charge on any atom is 0.292 e. The molecule has 0 heterocycles. The van der Waals surface area contributed by atoms with E-state index in [2.05, 4.69) is 6.58 Å². The molecule has 0 aliphatic heterocycles. The number of aliphatic hydroxyl groups is 1. The molecule has 0 saturated heterocycles. The minimum absolute atomic E-state index is 0.0633. The Bertz CT molecular complexity index is 256. The van der Waals surface area contributed by atoms with Crippen LogP contribution < -0.4 is 0 Å². The monoisotopic (exact) mass is 210 g/mol. The van der Waals surface area contributed by atoms with Crippen molar-refractivity contribution in [3.63, 3.8) is 0 Å². The minimum Gasteiger partial charge on any atom is -0.377 e. The average molecular weight is 210 g/mol. The van der Waals surface area contributed by atoms with E-state index in [0.29, 0.717) is 6.61 Å². The molecule has 1 atom stereocenters. The number of hydrogen-bond acceptors (Lipinski definition) is 4. The quantitative estimate of drug-likeness (QED) is 0.371. The smallest absolute Gasteiger partial charge is 0.292 e. The van der Waals surface area contributed by atoms with Gasteiger partial charge in [-0.2, -0.15) is 8.42 Å². The highest BCUT2D eigenvalue weighted by molar-refractivity contribution is 7.86. The van der Waals surface area contributed by atoms with Gasteiger partial charge in [0.2, 0.25) is 0 Å². The van der Waals surface area contributed by atoms with Crippen LogP contribution in [-0.4, -0.2) is 36.7 Å². The van der Waals surface area contributed by atoms with E-state index in [1.54, 1.807) is 6.92 Å². The predicted octanol–water partition coefficient (Wildman–Crippen LogP) is 0.175. The highest BCUT2D eigenvalue weighted by Gasteiger charge is 2.18. The van der Waals surface area contributed by atoms with Crippen LogP contribution in [0.5, 0.6) is 0 Å². The van der Waals surface area contributed by atoms with Crippen LogP contribution in [0.15, 0.2) is 12.2 Å². The van der Waals surface area contributed by atoms with Gasteiger partial charge >= 0.3 is 0 Å². The molecule has 0 aromatic rings. The SMILES string of the molecule is C=C(C)COCCC(O)S(=O)(=O)O. The Labute approximate surface area is 77.8 Å². The molecule has 0 spiro atoms. The lowest BCUT2D eigenvalue weighted by atomic mass is 10.4. The van der Waals surface area contributed by atoms with Gasteiger partial charge in [0, 0.05) is 6.42 Å². The Kier molecular flexibility index (Phi) is 5.16. The topological polar surface area (TPSA) is 83.8 Å². The zero-order valence-corrected chi connectivity index (χ0v) is 8.25. The third kappa shape index (κ3) is 6.71. The molecule has 2 N–H and O–H groups in total. The molecule has 5 nitrogen and oxygen atoms in total. The third-order valence-electron chi connectivity index (χ3n) is 1.20. The van der Waals surface area contributed by atoms with Gasteiger partial charge in [-0.1, -0.05) is 12.2 Å². The van der Waals surface area contributed by atoms with E-state index >= 15 is 0 Å². The molecule has 13 heavy (non-hydrogen) atoms. The summed E-state index contributed by atoms with van der Waals surface area (Å²) >= 11 is 0. The van der Waals surface area contributed by atoms with Gasteiger partial charge < -0.3 is 9.84 Å². The van der Waals surface area contributed by atoms with Crippen LogP contribution in [0.25, 0.3) is 0 Å². The van der Waals surface area contributed by atoms with Crippen molar-refractivity contribution in [2.45, 2.75) is 18.8 Å². The summed E-state index contributed by atoms with van der Waals surface area (Å²) in [6, 6.07) is 0. The van der Waals surface area contributed by atoms with E-state index < -0.39 is 15.6 Å². The van der Waals surface area contributed by atoms with E-state index in [9.17, 15) is 8.42 Å². The minimum atomic E-state index is -4.35. The second-order valence-electron chi connectivity index (χ2n) is 2.77. The standard InChI is InChI=1S/C7H14O5S/c1-6(2)5-12-4-3-7(8)13(9,10)11/h7-8H,1,3-5H2,2H3,(H,9,10,11). The van der Waals surface area contributed by atoms with Crippen LogP contribution in [0.2, 0.25) is 0 Å². The Morgan fingerprint density at radius 1 is 1.62 bits per heavy atom. The molecule has 0 rings (SSSR count). The van der Waals surface area contributed by atoms with E-state index in [1.807, 2.05) is 0 Å². The van der Waals surface area contributed by atoms with E-state index in [0.717, 1.165) is 5.57 Å². The van der Waals surface area contributed by atoms with Crippen LogP contribution in [0.3, 0.4) is 0 Å².